The van der Waals surface area contributed by atoms with Crippen molar-refractivity contribution in [1.82, 2.24) is 0 Å². The van der Waals surface area contributed by atoms with Crippen LogP contribution in [0.5, 0.6) is 11.5 Å². The van der Waals surface area contributed by atoms with Gasteiger partial charge in [0.15, 0.2) is 11.5 Å². The highest BCUT2D eigenvalue weighted by atomic mass is 19.1. The minimum absolute atomic E-state index is 0.0626. The maximum Gasteiger partial charge on any atom is 0.235 e. The molecule has 0 radical (unpaired) electrons. The van der Waals surface area contributed by atoms with Gasteiger partial charge in [-0.05, 0) is 23.8 Å². The number of benzene rings is 2. The van der Waals surface area contributed by atoms with Gasteiger partial charge in [-0.25, -0.2) is 4.39 Å². The van der Waals surface area contributed by atoms with Crippen molar-refractivity contribution in [3.8, 4) is 11.5 Å². The van der Waals surface area contributed by atoms with E-state index in [4.69, 9.17) is 9.47 Å². The Morgan fingerprint density at radius 3 is 2.68 bits per heavy atom. The fraction of sp³-hybridized carbons (Fsp3) is 0.125. The van der Waals surface area contributed by atoms with Crippen molar-refractivity contribution in [3.63, 3.8) is 0 Å². The number of hydrogen-bond donors (Lipinski definition) is 0. The van der Waals surface area contributed by atoms with Crippen LogP contribution in [0.1, 0.15) is 11.1 Å². The smallest absolute Gasteiger partial charge is 0.235 e. The Balaban J connectivity index is 2.14. The molecule has 0 aliphatic carbocycles. The first-order valence-electron chi connectivity index (χ1n) is 6.46. The average molecular weight is 303 g/mol. The SMILES string of the molecule is COc1cc(/C=C\[N+](=O)[O-])ccc1OCc1ccccc1F. The maximum absolute atomic E-state index is 13.5. The Morgan fingerprint density at radius 2 is 2.00 bits per heavy atom. The zero-order chi connectivity index (χ0) is 15.9. The van der Waals surface area contributed by atoms with E-state index in [0.717, 1.165) is 6.20 Å². The molecule has 0 aliphatic rings. The summed E-state index contributed by atoms with van der Waals surface area (Å²) >= 11 is 0. The van der Waals surface area contributed by atoms with E-state index in [2.05, 4.69) is 0 Å². The van der Waals surface area contributed by atoms with Gasteiger partial charge < -0.3 is 9.47 Å². The van der Waals surface area contributed by atoms with E-state index >= 15 is 0 Å². The van der Waals surface area contributed by atoms with E-state index in [1.807, 2.05) is 0 Å². The van der Waals surface area contributed by atoms with Crippen LogP contribution in [0.4, 0.5) is 4.39 Å². The van der Waals surface area contributed by atoms with Crippen LogP contribution in [-0.4, -0.2) is 12.0 Å². The predicted molar refractivity (Wildman–Crippen MR) is 79.8 cm³/mol. The predicted octanol–water partition coefficient (Wildman–Crippen LogP) is 3.66. The lowest BCUT2D eigenvalue weighted by Gasteiger charge is -2.11. The van der Waals surface area contributed by atoms with E-state index in [0.29, 0.717) is 22.6 Å². The number of methoxy groups -OCH3 is 1. The molecule has 0 fully saturated rings. The number of rotatable bonds is 6. The van der Waals surface area contributed by atoms with Gasteiger partial charge in [-0.2, -0.15) is 0 Å². The normalized spacial score (nSPS) is 10.6. The zero-order valence-corrected chi connectivity index (χ0v) is 11.9. The second-order valence-electron chi connectivity index (χ2n) is 4.39. The summed E-state index contributed by atoms with van der Waals surface area (Å²) < 4.78 is 24.3. The monoisotopic (exact) mass is 303 g/mol. The molecule has 0 spiro atoms. The third-order valence-corrected chi connectivity index (χ3v) is 2.92. The second-order valence-corrected chi connectivity index (χ2v) is 4.39. The summed E-state index contributed by atoms with van der Waals surface area (Å²) in [7, 11) is 1.46. The van der Waals surface area contributed by atoms with E-state index in [-0.39, 0.29) is 12.4 Å². The van der Waals surface area contributed by atoms with Crippen LogP contribution in [-0.2, 0) is 6.61 Å². The molecule has 0 unspecified atom stereocenters. The Bertz CT molecular complexity index is 700. The standard InChI is InChI=1S/C16H14FNO4/c1-21-16-10-12(8-9-18(19)20)6-7-15(16)22-11-13-4-2-3-5-14(13)17/h2-10H,11H2,1H3/b9-8-. The minimum atomic E-state index is -0.547. The summed E-state index contributed by atoms with van der Waals surface area (Å²) in [4.78, 5) is 9.77. The largest absolute Gasteiger partial charge is 0.493 e. The number of ether oxygens (including phenoxy) is 2. The summed E-state index contributed by atoms with van der Waals surface area (Å²) in [6, 6.07) is 11.2. The van der Waals surface area contributed by atoms with Crippen LogP contribution in [0.15, 0.2) is 48.7 Å². The lowest BCUT2D eigenvalue weighted by molar-refractivity contribution is -0.400. The maximum atomic E-state index is 13.5. The molecule has 0 aliphatic heterocycles. The first-order valence-corrected chi connectivity index (χ1v) is 6.46. The third kappa shape index (κ3) is 4.05. The van der Waals surface area contributed by atoms with E-state index in [9.17, 15) is 14.5 Å². The zero-order valence-electron chi connectivity index (χ0n) is 11.9. The Morgan fingerprint density at radius 1 is 1.23 bits per heavy atom. The van der Waals surface area contributed by atoms with Gasteiger partial charge in [0.25, 0.3) is 0 Å². The first kappa shape index (κ1) is 15.5. The van der Waals surface area contributed by atoms with Crippen LogP contribution in [0.3, 0.4) is 0 Å². The fourth-order valence-electron chi connectivity index (χ4n) is 1.82. The van der Waals surface area contributed by atoms with Crippen molar-refractivity contribution in [2.75, 3.05) is 7.11 Å². The first-order chi connectivity index (χ1) is 10.6. The van der Waals surface area contributed by atoms with Crippen LogP contribution in [0, 0.1) is 15.9 Å². The number of nitro groups is 1. The van der Waals surface area contributed by atoms with Gasteiger partial charge in [-0.1, -0.05) is 24.3 Å². The quantitative estimate of drug-likeness (QED) is 0.603. The van der Waals surface area contributed by atoms with Crippen LogP contribution in [0.25, 0.3) is 6.08 Å². The van der Waals surface area contributed by atoms with Crippen LogP contribution in [0.2, 0.25) is 0 Å². The van der Waals surface area contributed by atoms with E-state index in [1.165, 1.54) is 19.3 Å². The molecule has 22 heavy (non-hydrogen) atoms. The molecule has 0 saturated carbocycles. The lowest BCUT2D eigenvalue weighted by Crippen LogP contribution is -2.00. The van der Waals surface area contributed by atoms with Gasteiger partial charge in [-0.15, -0.1) is 0 Å². The summed E-state index contributed by atoms with van der Waals surface area (Å²) in [6.45, 7) is 0.0626. The molecule has 0 saturated heterocycles. The van der Waals surface area contributed by atoms with Crippen molar-refractivity contribution in [2.45, 2.75) is 6.61 Å². The van der Waals surface area contributed by atoms with Gasteiger partial charge in [0.1, 0.15) is 12.4 Å². The average Bonchev–Trinajstić information content (AvgIpc) is 2.52. The molecule has 0 N–H and O–H groups in total. The molecule has 0 aromatic heterocycles. The molecular weight excluding hydrogens is 289 g/mol. The van der Waals surface area contributed by atoms with Gasteiger partial charge in [0.2, 0.25) is 6.20 Å². The highest BCUT2D eigenvalue weighted by Crippen LogP contribution is 2.29. The number of hydrogen-bond acceptors (Lipinski definition) is 4. The molecule has 6 heteroatoms. The molecular formula is C16H14FNO4. The molecule has 2 aromatic carbocycles. The lowest BCUT2D eigenvalue weighted by atomic mass is 10.2. The van der Waals surface area contributed by atoms with Gasteiger partial charge in [-0.3, -0.25) is 10.1 Å². The Kier molecular flexibility index (Phi) is 5.08. The van der Waals surface area contributed by atoms with Crippen molar-refractivity contribution in [1.29, 1.82) is 0 Å². The Hall–Kier alpha value is -2.89. The highest BCUT2D eigenvalue weighted by molar-refractivity contribution is 5.55. The topological polar surface area (TPSA) is 61.6 Å². The van der Waals surface area contributed by atoms with Crippen molar-refractivity contribution >= 4 is 6.08 Å². The van der Waals surface area contributed by atoms with Crippen molar-refractivity contribution < 1.29 is 18.8 Å². The molecule has 114 valence electrons. The molecule has 0 atom stereocenters. The highest BCUT2D eigenvalue weighted by Gasteiger charge is 2.07. The third-order valence-electron chi connectivity index (χ3n) is 2.92. The molecule has 0 heterocycles. The van der Waals surface area contributed by atoms with E-state index < -0.39 is 4.92 Å². The molecule has 0 amide bonds. The molecule has 2 rings (SSSR count). The van der Waals surface area contributed by atoms with Gasteiger partial charge >= 0.3 is 0 Å². The summed E-state index contributed by atoms with van der Waals surface area (Å²) in [5, 5.41) is 10.3. The summed E-state index contributed by atoms with van der Waals surface area (Å²) in [5.74, 6) is 0.512. The summed E-state index contributed by atoms with van der Waals surface area (Å²) in [6.07, 6.45) is 2.19. The second kappa shape index (κ2) is 7.21. The van der Waals surface area contributed by atoms with Gasteiger partial charge in [0, 0.05) is 11.6 Å². The van der Waals surface area contributed by atoms with Crippen LogP contribution >= 0.6 is 0 Å². The summed E-state index contributed by atoms with van der Waals surface area (Å²) in [5.41, 5.74) is 1.04. The molecule has 0 bridgehead atoms. The molecule has 5 nitrogen and oxygen atoms in total. The number of halogens is 1. The van der Waals surface area contributed by atoms with Gasteiger partial charge in [0.05, 0.1) is 12.0 Å². The minimum Gasteiger partial charge on any atom is -0.493 e. The molecule has 2 aromatic rings. The van der Waals surface area contributed by atoms with Crippen molar-refractivity contribution in [3.05, 3.63) is 75.7 Å². The van der Waals surface area contributed by atoms with E-state index in [1.54, 1.807) is 36.4 Å². The van der Waals surface area contributed by atoms with Crippen LogP contribution < -0.4 is 9.47 Å². The number of nitrogens with zero attached hydrogens (tertiary/aromatic N) is 1. The van der Waals surface area contributed by atoms with Crippen molar-refractivity contribution in [2.24, 2.45) is 0 Å². The Labute approximate surface area is 126 Å². The fourth-order valence-corrected chi connectivity index (χ4v) is 1.82.